The van der Waals surface area contributed by atoms with Crippen molar-refractivity contribution in [3.05, 3.63) is 22.7 Å². The predicted molar refractivity (Wildman–Crippen MR) is 85.8 cm³/mol. The van der Waals surface area contributed by atoms with Crippen molar-refractivity contribution in [2.24, 2.45) is 11.1 Å². The lowest BCUT2D eigenvalue weighted by atomic mass is 10.1. The van der Waals surface area contributed by atoms with Gasteiger partial charge in [-0.1, -0.05) is 27.3 Å². The maximum atomic E-state index is 12.1. The lowest BCUT2D eigenvalue weighted by Gasteiger charge is -2.12. The first kappa shape index (κ1) is 14.9. The number of carbonyl (C=O) groups excluding carboxylic acids is 1. The van der Waals surface area contributed by atoms with Crippen LogP contribution in [-0.4, -0.2) is 31.6 Å². The quantitative estimate of drug-likeness (QED) is 0.863. The highest BCUT2D eigenvalue weighted by Crippen LogP contribution is 2.34. The number of primary sulfonamides is 1. The van der Waals surface area contributed by atoms with Crippen molar-refractivity contribution in [2.45, 2.75) is 6.42 Å². The van der Waals surface area contributed by atoms with Crippen LogP contribution in [-0.2, 0) is 14.8 Å². The molecule has 3 rings (SSSR count). The summed E-state index contributed by atoms with van der Waals surface area (Å²) in [5.41, 5.74) is 0.812. The topological polar surface area (TPSA) is 93.4 Å². The normalized spacial score (nSPS) is 19.6. The predicted octanol–water partition coefficient (Wildman–Crippen LogP) is 1.70. The van der Waals surface area contributed by atoms with Crippen LogP contribution in [0.4, 0.5) is 5.13 Å². The number of benzene rings is 1. The largest absolute Gasteiger partial charge is 0.288 e. The summed E-state index contributed by atoms with van der Waals surface area (Å²) in [6.45, 7) is 0.344. The molecule has 1 aliphatic rings. The number of rotatable bonds is 3. The Morgan fingerprint density at radius 3 is 2.95 bits per heavy atom. The van der Waals surface area contributed by atoms with E-state index in [9.17, 15) is 13.2 Å². The fourth-order valence-corrected chi connectivity index (χ4v) is 4.61. The van der Waals surface area contributed by atoms with Gasteiger partial charge >= 0.3 is 0 Å². The van der Waals surface area contributed by atoms with Crippen molar-refractivity contribution in [1.82, 2.24) is 4.98 Å². The van der Waals surface area contributed by atoms with E-state index >= 15 is 0 Å². The van der Waals surface area contributed by atoms with Gasteiger partial charge in [0, 0.05) is 23.4 Å². The molecular weight excluding hydrogens is 378 g/mol. The molecule has 112 valence electrons. The first-order valence-electron chi connectivity index (χ1n) is 6.19. The molecule has 6 nitrogen and oxygen atoms in total. The van der Waals surface area contributed by atoms with Crippen LogP contribution in [0.5, 0.6) is 0 Å². The lowest BCUT2D eigenvalue weighted by Crippen LogP contribution is -2.27. The molecule has 21 heavy (non-hydrogen) atoms. The molecule has 2 heterocycles. The molecule has 1 fully saturated rings. The summed E-state index contributed by atoms with van der Waals surface area (Å²) >= 11 is 4.80. The summed E-state index contributed by atoms with van der Waals surface area (Å²) in [7, 11) is -3.57. The summed E-state index contributed by atoms with van der Waals surface area (Å²) in [6.07, 6.45) is 0.191. The summed E-state index contributed by atoms with van der Waals surface area (Å²) in [5.74, 6) is -0.556. The molecule has 9 heteroatoms. The molecule has 1 aromatic carbocycles. The molecule has 1 amide bonds. The van der Waals surface area contributed by atoms with Crippen molar-refractivity contribution in [2.75, 3.05) is 17.2 Å². The minimum atomic E-state index is -3.57. The van der Waals surface area contributed by atoms with Crippen molar-refractivity contribution in [3.63, 3.8) is 0 Å². The molecular formula is C12H12BrN3O3S2. The Labute approximate surface area is 134 Å². The second kappa shape index (κ2) is 5.31. The lowest BCUT2D eigenvalue weighted by molar-refractivity contribution is -0.117. The maximum absolute atomic E-state index is 12.1. The van der Waals surface area contributed by atoms with E-state index in [0.717, 1.165) is 14.7 Å². The van der Waals surface area contributed by atoms with Crippen molar-refractivity contribution >= 4 is 58.5 Å². The molecule has 1 aliphatic heterocycles. The van der Waals surface area contributed by atoms with Crippen LogP contribution in [0.25, 0.3) is 10.2 Å². The number of amides is 1. The fraction of sp³-hybridized carbons (Fsp3) is 0.333. The Hall–Kier alpha value is -1.03. The van der Waals surface area contributed by atoms with Crippen LogP contribution in [0.2, 0.25) is 0 Å². The van der Waals surface area contributed by atoms with E-state index < -0.39 is 10.0 Å². The van der Waals surface area contributed by atoms with Gasteiger partial charge in [0.1, 0.15) is 0 Å². The highest BCUT2D eigenvalue weighted by atomic mass is 79.9. The number of sulfonamides is 1. The number of hydrogen-bond acceptors (Lipinski definition) is 5. The highest BCUT2D eigenvalue weighted by Gasteiger charge is 2.34. The Morgan fingerprint density at radius 2 is 2.24 bits per heavy atom. The monoisotopic (exact) mass is 389 g/mol. The molecule has 1 saturated heterocycles. The smallest absolute Gasteiger partial charge is 0.229 e. The van der Waals surface area contributed by atoms with E-state index in [1.165, 1.54) is 11.3 Å². The number of thiazole rings is 1. The average molecular weight is 390 g/mol. The van der Waals surface area contributed by atoms with Gasteiger partial charge in [-0.3, -0.25) is 9.69 Å². The second-order valence-corrected chi connectivity index (χ2v) is 8.60. The Morgan fingerprint density at radius 1 is 1.48 bits per heavy atom. The minimum Gasteiger partial charge on any atom is -0.288 e. The number of carbonyl (C=O) groups is 1. The van der Waals surface area contributed by atoms with E-state index in [1.54, 1.807) is 4.90 Å². The standard InChI is InChI=1S/C12H12BrN3O3S2/c13-8-1-2-10-9(4-8)15-12(20-10)16-5-7(3-11(16)17)6-21(14,18)19/h1-2,4,7H,3,5-6H2,(H2,14,18,19). The van der Waals surface area contributed by atoms with Gasteiger partial charge in [-0.25, -0.2) is 18.5 Å². The van der Waals surface area contributed by atoms with E-state index in [-0.39, 0.29) is 24.0 Å². The van der Waals surface area contributed by atoms with E-state index in [2.05, 4.69) is 20.9 Å². The third kappa shape index (κ3) is 3.25. The average Bonchev–Trinajstić information content (AvgIpc) is 2.89. The van der Waals surface area contributed by atoms with Crippen LogP contribution >= 0.6 is 27.3 Å². The van der Waals surface area contributed by atoms with Gasteiger partial charge in [-0.2, -0.15) is 0 Å². The zero-order valence-corrected chi connectivity index (χ0v) is 14.0. The van der Waals surface area contributed by atoms with Gasteiger partial charge in [0.25, 0.3) is 0 Å². The number of halogens is 1. The van der Waals surface area contributed by atoms with Crippen LogP contribution in [0.15, 0.2) is 22.7 Å². The maximum Gasteiger partial charge on any atom is 0.229 e. The van der Waals surface area contributed by atoms with Gasteiger partial charge < -0.3 is 0 Å². The van der Waals surface area contributed by atoms with E-state index in [0.29, 0.717) is 11.7 Å². The number of hydrogen-bond donors (Lipinski definition) is 1. The number of nitrogens with two attached hydrogens (primary N) is 1. The van der Waals surface area contributed by atoms with Crippen LogP contribution < -0.4 is 10.0 Å². The second-order valence-electron chi connectivity index (χ2n) is 5.01. The molecule has 0 bridgehead atoms. The van der Waals surface area contributed by atoms with Crippen LogP contribution in [0.1, 0.15) is 6.42 Å². The molecule has 0 radical (unpaired) electrons. The Kier molecular flexibility index (Phi) is 3.76. The molecule has 0 aliphatic carbocycles. The van der Waals surface area contributed by atoms with E-state index in [1.807, 2.05) is 18.2 Å². The van der Waals surface area contributed by atoms with Gasteiger partial charge in [0.2, 0.25) is 15.9 Å². The van der Waals surface area contributed by atoms with Gasteiger partial charge in [-0.15, -0.1) is 0 Å². The zero-order valence-electron chi connectivity index (χ0n) is 10.8. The van der Waals surface area contributed by atoms with E-state index in [4.69, 9.17) is 5.14 Å². The molecule has 2 N–H and O–H groups in total. The van der Waals surface area contributed by atoms with Gasteiger partial charge in [-0.05, 0) is 18.2 Å². The summed E-state index contributed by atoms with van der Waals surface area (Å²) < 4.78 is 24.2. The summed E-state index contributed by atoms with van der Waals surface area (Å²) in [4.78, 5) is 18.1. The molecule has 2 aromatic rings. The first-order valence-corrected chi connectivity index (χ1v) is 9.51. The van der Waals surface area contributed by atoms with Crippen molar-refractivity contribution < 1.29 is 13.2 Å². The zero-order chi connectivity index (χ0) is 15.2. The number of nitrogens with zero attached hydrogens (tertiary/aromatic N) is 2. The number of aromatic nitrogens is 1. The third-order valence-corrected chi connectivity index (χ3v) is 5.73. The first-order chi connectivity index (χ1) is 9.82. The minimum absolute atomic E-state index is 0.109. The fourth-order valence-electron chi connectivity index (χ4n) is 2.41. The third-order valence-electron chi connectivity index (χ3n) is 3.24. The van der Waals surface area contributed by atoms with Gasteiger partial charge in [0.05, 0.1) is 16.0 Å². The highest BCUT2D eigenvalue weighted by molar-refractivity contribution is 9.10. The van der Waals surface area contributed by atoms with Gasteiger partial charge in [0.15, 0.2) is 5.13 Å². The summed E-state index contributed by atoms with van der Waals surface area (Å²) in [6, 6.07) is 5.74. The molecule has 1 aromatic heterocycles. The summed E-state index contributed by atoms with van der Waals surface area (Å²) in [5, 5.41) is 5.65. The van der Waals surface area contributed by atoms with Crippen molar-refractivity contribution in [1.29, 1.82) is 0 Å². The molecule has 1 atom stereocenters. The number of anilines is 1. The molecule has 0 spiro atoms. The Bertz CT molecular complexity index is 818. The Balaban J connectivity index is 1.87. The molecule has 1 unspecified atom stereocenters. The van der Waals surface area contributed by atoms with Crippen LogP contribution in [0.3, 0.4) is 0 Å². The van der Waals surface area contributed by atoms with Crippen molar-refractivity contribution in [3.8, 4) is 0 Å². The molecule has 0 saturated carbocycles. The van der Waals surface area contributed by atoms with Crippen LogP contribution in [0, 0.1) is 5.92 Å². The number of fused-ring (bicyclic) bond motifs is 1. The SMILES string of the molecule is NS(=O)(=O)CC1CC(=O)N(c2nc3cc(Br)ccc3s2)C1.